The molecule has 1 aliphatic rings. The molecule has 0 aromatic heterocycles. The summed E-state index contributed by atoms with van der Waals surface area (Å²) in [4.78, 5) is 2.43. The van der Waals surface area contributed by atoms with Crippen LogP contribution in [-0.2, 0) is 0 Å². The second-order valence-electron chi connectivity index (χ2n) is 6.77. The Balaban J connectivity index is 2.68. The SMILES string of the molecule is CC1(C)CCN(C(C)(C)C(C)(C)O)CC1. The number of nitrogens with zero attached hydrogens (tertiary/aromatic N) is 1. The molecule has 0 amide bonds. The Hall–Kier alpha value is -0.0800. The lowest BCUT2D eigenvalue weighted by molar-refractivity contribution is -0.0882. The molecule has 15 heavy (non-hydrogen) atoms. The molecule has 0 atom stereocenters. The number of hydrogen-bond acceptors (Lipinski definition) is 2. The number of likely N-dealkylation sites (tertiary alicyclic amines) is 1. The van der Waals surface area contributed by atoms with E-state index < -0.39 is 5.60 Å². The summed E-state index contributed by atoms with van der Waals surface area (Å²) < 4.78 is 0. The van der Waals surface area contributed by atoms with Crippen molar-refractivity contribution < 1.29 is 5.11 Å². The fourth-order valence-corrected chi connectivity index (χ4v) is 2.06. The average Bonchev–Trinajstić information content (AvgIpc) is 2.01. The van der Waals surface area contributed by atoms with Crippen LogP contribution in [0.1, 0.15) is 54.4 Å². The summed E-state index contributed by atoms with van der Waals surface area (Å²) in [6.45, 7) is 15.0. The van der Waals surface area contributed by atoms with Gasteiger partial charge in [-0.25, -0.2) is 0 Å². The van der Waals surface area contributed by atoms with Crippen LogP contribution in [0.25, 0.3) is 0 Å². The zero-order chi connectivity index (χ0) is 11.9. The third kappa shape index (κ3) is 2.73. The Labute approximate surface area is 94.7 Å². The summed E-state index contributed by atoms with van der Waals surface area (Å²) in [6, 6.07) is 0. The second-order valence-corrected chi connectivity index (χ2v) is 6.77. The average molecular weight is 213 g/mol. The quantitative estimate of drug-likeness (QED) is 0.762. The summed E-state index contributed by atoms with van der Waals surface area (Å²) in [6.07, 6.45) is 2.46. The first kappa shape index (κ1) is 13.0. The van der Waals surface area contributed by atoms with Gasteiger partial charge in [0.2, 0.25) is 0 Å². The van der Waals surface area contributed by atoms with Gasteiger partial charge in [-0.1, -0.05) is 13.8 Å². The Morgan fingerprint density at radius 3 is 1.73 bits per heavy atom. The molecule has 0 spiro atoms. The molecule has 1 saturated heterocycles. The molecule has 1 heterocycles. The lowest BCUT2D eigenvalue weighted by atomic mass is 9.78. The van der Waals surface area contributed by atoms with Gasteiger partial charge in [0.25, 0.3) is 0 Å². The van der Waals surface area contributed by atoms with Gasteiger partial charge in [0.1, 0.15) is 0 Å². The first-order valence-electron chi connectivity index (χ1n) is 6.04. The molecule has 1 rings (SSSR count). The summed E-state index contributed by atoms with van der Waals surface area (Å²) in [7, 11) is 0. The molecule has 0 radical (unpaired) electrons. The van der Waals surface area contributed by atoms with Crippen LogP contribution >= 0.6 is 0 Å². The van der Waals surface area contributed by atoms with Crippen molar-refractivity contribution in [2.24, 2.45) is 5.41 Å². The van der Waals surface area contributed by atoms with Gasteiger partial charge >= 0.3 is 0 Å². The van der Waals surface area contributed by atoms with E-state index in [1.165, 1.54) is 12.8 Å². The highest BCUT2D eigenvalue weighted by Crippen LogP contribution is 2.36. The van der Waals surface area contributed by atoms with Gasteiger partial charge in [-0.15, -0.1) is 0 Å². The van der Waals surface area contributed by atoms with Crippen LogP contribution in [0, 0.1) is 5.41 Å². The predicted molar refractivity (Wildman–Crippen MR) is 65.0 cm³/mol. The van der Waals surface area contributed by atoms with Crippen molar-refractivity contribution in [2.45, 2.75) is 65.5 Å². The van der Waals surface area contributed by atoms with Crippen LogP contribution < -0.4 is 0 Å². The first-order valence-corrected chi connectivity index (χ1v) is 6.04. The molecule has 2 heteroatoms. The largest absolute Gasteiger partial charge is 0.389 e. The van der Waals surface area contributed by atoms with Gasteiger partial charge in [-0.3, -0.25) is 4.90 Å². The Morgan fingerprint density at radius 1 is 1.00 bits per heavy atom. The van der Waals surface area contributed by atoms with E-state index in [9.17, 15) is 5.11 Å². The Kier molecular flexibility index (Phi) is 3.24. The number of piperidine rings is 1. The van der Waals surface area contributed by atoms with Gasteiger partial charge in [0.05, 0.1) is 5.60 Å². The lowest BCUT2D eigenvalue weighted by Gasteiger charge is -2.50. The molecule has 1 N–H and O–H groups in total. The van der Waals surface area contributed by atoms with E-state index in [0.29, 0.717) is 5.41 Å². The molecular weight excluding hydrogens is 186 g/mol. The van der Waals surface area contributed by atoms with Gasteiger partial charge < -0.3 is 5.11 Å². The predicted octanol–water partition coefficient (Wildman–Crippen LogP) is 2.66. The van der Waals surface area contributed by atoms with E-state index in [1.807, 2.05) is 13.8 Å². The zero-order valence-electron chi connectivity index (χ0n) is 11.2. The van der Waals surface area contributed by atoms with Crippen molar-refractivity contribution in [3.8, 4) is 0 Å². The van der Waals surface area contributed by atoms with E-state index in [2.05, 4.69) is 32.6 Å². The fraction of sp³-hybridized carbons (Fsp3) is 1.00. The smallest absolute Gasteiger partial charge is 0.0769 e. The molecular formula is C13H27NO. The molecule has 0 saturated carbocycles. The van der Waals surface area contributed by atoms with Crippen molar-refractivity contribution in [1.82, 2.24) is 4.90 Å². The molecule has 0 aromatic carbocycles. The van der Waals surface area contributed by atoms with Crippen LogP contribution in [0.3, 0.4) is 0 Å². The molecule has 1 aliphatic heterocycles. The van der Waals surface area contributed by atoms with Crippen molar-refractivity contribution in [2.75, 3.05) is 13.1 Å². The standard InChI is InChI=1S/C13H27NO/c1-11(2)7-9-14(10-8-11)12(3,4)13(5,6)15/h15H,7-10H2,1-6H3. The highest BCUT2D eigenvalue weighted by molar-refractivity contribution is 4.97. The van der Waals surface area contributed by atoms with Crippen LogP contribution in [0.4, 0.5) is 0 Å². The van der Waals surface area contributed by atoms with Gasteiger partial charge in [-0.05, 0) is 59.0 Å². The van der Waals surface area contributed by atoms with E-state index in [-0.39, 0.29) is 5.54 Å². The van der Waals surface area contributed by atoms with E-state index in [4.69, 9.17) is 0 Å². The molecule has 0 aromatic rings. The van der Waals surface area contributed by atoms with Gasteiger partial charge in [-0.2, -0.15) is 0 Å². The number of aliphatic hydroxyl groups is 1. The van der Waals surface area contributed by atoms with Gasteiger partial charge in [0, 0.05) is 5.54 Å². The monoisotopic (exact) mass is 213 g/mol. The molecule has 0 bridgehead atoms. The van der Waals surface area contributed by atoms with Crippen LogP contribution in [0.5, 0.6) is 0 Å². The molecule has 90 valence electrons. The highest BCUT2D eigenvalue weighted by Gasteiger charge is 2.42. The number of rotatable bonds is 2. The van der Waals surface area contributed by atoms with E-state index in [1.54, 1.807) is 0 Å². The minimum absolute atomic E-state index is 0.135. The zero-order valence-corrected chi connectivity index (χ0v) is 11.2. The minimum Gasteiger partial charge on any atom is -0.389 e. The molecule has 1 fully saturated rings. The highest BCUT2D eigenvalue weighted by atomic mass is 16.3. The van der Waals surface area contributed by atoms with Crippen molar-refractivity contribution in [3.63, 3.8) is 0 Å². The van der Waals surface area contributed by atoms with E-state index in [0.717, 1.165) is 13.1 Å². The summed E-state index contributed by atoms with van der Waals surface area (Å²) in [5, 5.41) is 10.2. The van der Waals surface area contributed by atoms with E-state index >= 15 is 0 Å². The maximum absolute atomic E-state index is 10.2. The van der Waals surface area contributed by atoms with Crippen molar-refractivity contribution >= 4 is 0 Å². The summed E-state index contributed by atoms with van der Waals surface area (Å²) in [5.74, 6) is 0. The van der Waals surface area contributed by atoms with Crippen LogP contribution in [0.15, 0.2) is 0 Å². The minimum atomic E-state index is -0.644. The van der Waals surface area contributed by atoms with Crippen LogP contribution in [0.2, 0.25) is 0 Å². The Bertz CT molecular complexity index is 215. The topological polar surface area (TPSA) is 23.5 Å². The molecule has 2 nitrogen and oxygen atoms in total. The normalized spacial score (nSPS) is 24.2. The van der Waals surface area contributed by atoms with Crippen molar-refractivity contribution in [3.05, 3.63) is 0 Å². The fourth-order valence-electron chi connectivity index (χ4n) is 2.06. The Morgan fingerprint density at radius 2 is 1.40 bits per heavy atom. The van der Waals surface area contributed by atoms with Crippen molar-refractivity contribution in [1.29, 1.82) is 0 Å². The summed E-state index contributed by atoms with van der Waals surface area (Å²) >= 11 is 0. The van der Waals surface area contributed by atoms with Crippen LogP contribution in [-0.4, -0.2) is 34.2 Å². The van der Waals surface area contributed by atoms with Gasteiger partial charge in [0.15, 0.2) is 0 Å². The third-order valence-corrected chi connectivity index (χ3v) is 4.40. The second kappa shape index (κ2) is 3.74. The maximum Gasteiger partial charge on any atom is 0.0769 e. The molecule has 0 aliphatic carbocycles. The maximum atomic E-state index is 10.2. The first-order chi connectivity index (χ1) is 6.56. The lowest BCUT2D eigenvalue weighted by Crippen LogP contribution is -2.60. The third-order valence-electron chi connectivity index (χ3n) is 4.40. The summed E-state index contributed by atoms with van der Waals surface area (Å²) in [5.41, 5.74) is -0.301. The molecule has 0 unspecified atom stereocenters. The number of hydrogen-bond donors (Lipinski definition) is 1.